The van der Waals surface area contributed by atoms with Crippen LogP contribution in [0.3, 0.4) is 0 Å². The van der Waals surface area contributed by atoms with Crippen LogP contribution >= 0.6 is 0 Å². The molecule has 0 N–H and O–H groups in total. The molecule has 0 amide bonds. The molecule has 0 saturated carbocycles. The Morgan fingerprint density at radius 1 is 0.897 bits per heavy atom. The molecule has 0 fully saturated rings. The maximum absolute atomic E-state index is 9.52. The predicted octanol–water partition coefficient (Wildman–Crippen LogP) is 5.11. The number of hydrogen-bond acceptors (Lipinski definition) is 4. The van der Waals surface area contributed by atoms with E-state index in [1.807, 2.05) is 85.7 Å². The molecule has 0 bridgehead atoms. The van der Waals surface area contributed by atoms with E-state index in [1.54, 1.807) is 7.11 Å². The van der Waals surface area contributed by atoms with E-state index >= 15 is 0 Å². The van der Waals surface area contributed by atoms with Crippen LogP contribution in [0.15, 0.2) is 72.9 Å². The predicted molar refractivity (Wildman–Crippen MR) is 111 cm³/mol. The molecule has 2 aliphatic rings. The number of aromatic nitrogens is 1. The Morgan fingerprint density at radius 3 is 2.10 bits per heavy atom. The number of nitrogens with zero attached hydrogens (tertiary/aromatic N) is 2. The molecular formula is C24H20FeN2O2. The van der Waals surface area contributed by atoms with Crippen molar-refractivity contribution in [3.05, 3.63) is 97.0 Å². The summed E-state index contributed by atoms with van der Waals surface area (Å²) >= 11 is 0. The topological polar surface area (TPSA) is 55.1 Å². The minimum Gasteiger partial charge on any atom is -0.497 e. The van der Waals surface area contributed by atoms with E-state index in [4.69, 9.17) is 9.47 Å². The van der Waals surface area contributed by atoms with Crippen LogP contribution in [0, 0.1) is 24.2 Å². The number of methoxy groups -OCH3 is 2. The molecule has 4 nitrogen and oxygen atoms in total. The van der Waals surface area contributed by atoms with Gasteiger partial charge in [0.05, 0.1) is 19.9 Å². The first-order valence-corrected chi connectivity index (χ1v) is 8.79. The fourth-order valence-electron chi connectivity index (χ4n) is 2.79. The van der Waals surface area contributed by atoms with Crippen molar-refractivity contribution in [2.45, 2.75) is 0 Å². The molecule has 0 saturated heterocycles. The summed E-state index contributed by atoms with van der Waals surface area (Å²) in [6, 6.07) is 11.7. The number of rotatable bonds is 4. The number of benzene rings is 1. The molecule has 0 spiro atoms. The molecule has 1 heterocycles. The molecule has 1 aromatic carbocycles. The SMILES string of the molecule is COc1ccc(-c2cc(C3=C[CH]C=C3)nc(OC)c2C#N)cc1.[CH]1C=CC=C1.[Fe]. The van der Waals surface area contributed by atoms with Gasteiger partial charge in [0, 0.05) is 35.5 Å². The molecule has 2 aromatic rings. The summed E-state index contributed by atoms with van der Waals surface area (Å²) in [6.07, 6.45) is 17.9. The molecule has 1 aromatic heterocycles. The summed E-state index contributed by atoms with van der Waals surface area (Å²) in [4.78, 5) is 4.45. The molecule has 29 heavy (non-hydrogen) atoms. The van der Waals surface area contributed by atoms with Gasteiger partial charge >= 0.3 is 0 Å². The van der Waals surface area contributed by atoms with Crippen LogP contribution in [0.1, 0.15) is 11.3 Å². The number of pyridine rings is 1. The van der Waals surface area contributed by atoms with E-state index in [0.717, 1.165) is 28.1 Å². The number of ether oxygens (including phenoxy) is 2. The minimum atomic E-state index is 0. The second kappa shape index (κ2) is 11.1. The Kier molecular flexibility index (Phi) is 8.48. The van der Waals surface area contributed by atoms with Gasteiger partial charge in [-0.05, 0) is 29.3 Å². The molecule has 0 aliphatic heterocycles. The Balaban J connectivity index is 0.000000437. The van der Waals surface area contributed by atoms with Crippen molar-refractivity contribution in [1.82, 2.24) is 4.98 Å². The molecule has 2 radical (unpaired) electrons. The average Bonchev–Trinajstić information content (AvgIpc) is 3.49. The van der Waals surface area contributed by atoms with Crippen LogP contribution in [-0.4, -0.2) is 19.2 Å². The Morgan fingerprint density at radius 2 is 1.62 bits per heavy atom. The Hall–Kier alpha value is -3.06. The van der Waals surface area contributed by atoms with Crippen LogP contribution in [0.25, 0.3) is 16.7 Å². The fourth-order valence-corrected chi connectivity index (χ4v) is 2.79. The van der Waals surface area contributed by atoms with Crippen LogP contribution in [0.2, 0.25) is 0 Å². The zero-order valence-corrected chi connectivity index (χ0v) is 17.3. The maximum atomic E-state index is 9.52. The quantitative estimate of drug-likeness (QED) is 0.641. The van der Waals surface area contributed by atoms with E-state index in [9.17, 15) is 5.26 Å². The van der Waals surface area contributed by atoms with Crippen molar-refractivity contribution in [2.75, 3.05) is 14.2 Å². The monoisotopic (exact) mass is 424 g/mol. The molecular weight excluding hydrogens is 404 g/mol. The Bertz CT molecular complexity index is 987. The summed E-state index contributed by atoms with van der Waals surface area (Å²) < 4.78 is 10.5. The molecule has 146 valence electrons. The van der Waals surface area contributed by atoms with E-state index in [1.165, 1.54) is 7.11 Å². The normalized spacial score (nSPS) is 13.1. The van der Waals surface area contributed by atoms with Crippen molar-refractivity contribution in [3.8, 4) is 28.8 Å². The van der Waals surface area contributed by atoms with Crippen LogP contribution < -0.4 is 9.47 Å². The third-order valence-corrected chi connectivity index (χ3v) is 4.21. The van der Waals surface area contributed by atoms with Gasteiger partial charge in [0.2, 0.25) is 5.88 Å². The van der Waals surface area contributed by atoms with E-state index in [-0.39, 0.29) is 17.1 Å². The summed E-state index contributed by atoms with van der Waals surface area (Å²) in [6.45, 7) is 0. The fraction of sp³-hybridized carbons (Fsp3) is 0.0833. The largest absolute Gasteiger partial charge is 0.497 e. The second-order valence-electron chi connectivity index (χ2n) is 5.92. The summed E-state index contributed by atoms with van der Waals surface area (Å²) in [5.74, 6) is 1.10. The first-order chi connectivity index (χ1) is 13.8. The van der Waals surface area contributed by atoms with Gasteiger partial charge in [-0.3, -0.25) is 0 Å². The number of nitriles is 1. The van der Waals surface area contributed by atoms with Gasteiger partial charge in [0.25, 0.3) is 0 Å². The van der Waals surface area contributed by atoms with Crippen molar-refractivity contribution in [3.63, 3.8) is 0 Å². The molecule has 0 unspecified atom stereocenters. The van der Waals surface area contributed by atoms with Gasteiger partial charge in [-0.2, -0.15) is 5.26 Å². The van der Waals surface area contributed by atoms with E-state index in [0.29, 0.717) is 11.4 Å². The van der Waals surface area contributed by atoms with Gasteiger partial charge < -0.3 is 9.47 Å². The van der Waals surface area contributed by atoms with Crippen molar-refractivity contribution in [1.29, 1.82) is 5.26 Å². The molecule has 2 aliphatic carbocycles. The standard InChI is InChI=1S/C19H15N2O2.C5H5.Fe/c1-22-15-9-7-13(8-10-15)16-11-18(14-5-3-4-6-14)21-19(23-2)17(16)12-20;1-2-4-5-3-1;/h3-11H,1-2H3;1-5H;. The van der Waals surface area contributed by atoms with Crippen LogP contribution in [0.4, 0.5) is 0 Å². The molecule has 5 heteroatoms. The third-order valence-electron chi connectivity index (χ3n) is 4.21. The average molecular weight is 424 g/mol. The summed E-state index contributed by atoms with van der Waals surface area (Å²) in [5, 5.41) is 9.52. The van der Waals surface area contributed by atoms with Gasteiger partial charge in [0.1, 0.15) is 17.4 Å². The zero-order chi connectivity index (χ0) is 19.8. The first kappa shape index (κ1) is 22.2. The van der Waals surface area contributed by atoms with E-state index in [2.05, 4.69) is 11.1 Å². The summed E-state index contributed by atoms with van der Waals surface area (Å²) in [5.41, 5.74) is 3.89. The van der Waals surface area contributed by atoms with Gasteiger partial charge in [-0.1, -0.05) is 54.7 Å². The van der Waals surface area contributed by atoms with Gasteiger partial charge in [-0.15, -0.1) is 0 Å². The van der Waals surface area contributed by atoms with Crippen molar-refractivity contribution in [2.24, 2.45) is 0 Å². The zero-order valence-electron chi connectivity index (χ0n) is 16.1. The number of hydrogen-bond donors (Lipinski definition) is 0. The maximum Gasteiger partial charge on any atom is 0.232 e. The van der Waals surface area contributed by atoms with E-state index < -0.39 is 0 Å². The molecule has 0 atom stereocenters. The summed E-state index contributed by atoms with van der Waals surface area (Å²) in [7, 11) is 3.15. The van der Waals surface area contributed by atoms with Gasteiger partial charge in [-0.25, -0.2) is 4.98 Å². The second-order valence-corrected chi connectivity index (χ2v) is 5.92. The van der Waals surface area contributed by atoms with Crippen LogP contribution in [0.5, 0.6) is 11.6 Å². The third kappa shape index (κ3) is 5.48. The minimum absolute atomic E-state index is 0. The van der Waals surface area contributed by atoms with Gasteiger partial charge in [0.15, 0.2) is 0 Å². The Labute approximate surface area is 182 Å². The van der Waals surface area contributed by atoms with Crippen molar-refractivity contribution < 1.29 is 26.5 Å². The number of allylic oxidation sites excluding steroid dienone is 8. The molecule has 4 rings (SSSR count). The van der Waals surface area contributed by atoms with Crippen molar-refractivity contribution >= 4 is 5.57 Å². The first-order valence-electron chi connectivity index (χ1n) is 8.79. The smallest absolute Gasteiger partial charge is 0.232 e. The van der Waals surface area contributed by atoms with Crippen LogP contribution in [-0.2, 0) is 17.1 Å².